The van der Waals surface area contributed by atoms with Crippen LogP contribution in [0.4, 0.5) is 11.6 Å². The normalized spacial score (nSPS) is 22.3. The van der Waals surface area contributed by atoms with E-state index in [9.17, 15) is 9.59 Å². The third-order valence-electron chi connectivity index (χ3n) is 5.10. The van der Waals surface area contributed by atoms with E-state index in [-0.39, 0.29) is 23.9 Å². The number of fused-ring (bicyclic) bond motifs is 2. The summed E-state index contributed by atoms with van der Waals surface area (Å²) >= 11 is 0. The number of hydrogen-bond acceptors (Lipinski definition) is 5. The molecular formula is C19H21N5O2. The Morgan fingerprint density at radius 2 is 1.81 bits per heavy atom. The van der Waals surface area contributed by atoms with E-state index in [0.717, 1.165) is 18.5 Å². The maximum atomic E-state index is 13.0. The number of anilines is 2. The molecular weight excluding hydrogens is 330 g/mol. The smallest absolute Gasteiger partial charge is 0.257 e. The van der Waals surface area contributed by atoms with Gasteiger partial charge in [0, 0.05) is 50.2 Å². The zero-order valence-corrected chi connectivity index (χ0v) is 14.6. The van der Waals surface area contributed by atoms with Gasteiger partial charge in [0.25, 0.3) is 5.91 Å². The number of nitrogens with one attached hydrogen (secondary N) is 1. The van der Waals surface area contributed by atoms with Gasteiger partial charge in [0.2, 0.25) is 11.9 Å². The lowest BCUT2D eigenvalue weighted by atomic mass is 10.1. The summed E-state index contributed by atoms with van der Waals surface area (Å²) in [5.41, 5.74) is 1.34. The molecule has 2 aliphatic heterocycles. The Balaban J connectivity index is 1.50. The Morgan fingerprint density at radius 3 is 2.54 bits per heavy atom. The fourth-order valence-electron chi connectivity index (χ4n) is 3.75. The van der Waals surface area contributed by atoms with Crippen LogP contribution in [0.2, 0.25) is 0 Å². The highest BCUT2D eigenvalue weighted by atomic mass is 16.2. The minimum Gasteiger partial charge on any atom is -0.344 e. The molecule has 3 heterocycles. The first kappa shape index (κ1) is 16.5. The van der Waals surface area contributed by atoms with E-state index in [1.165, 1.54) is 0 Å². The van der Waals surface area contributed by atoms with Gasteiger partial charge in [-0.3, -0.25) is 9.59 Å². The number of nitrogens with zero attached hydrogens (tertiary/aromatic N) is 4. The van der Waals surface area contributed by atoms with Crippen LogP contribution in [0, 0.1) is 0 Å². The topological polar surface area (TPSA) is 78.4 Å². The maximum Gasteiger partial charge on any atom is 0.257 e. The first-order valence-electron chi connectivity index (χ1n) is 8.82. The molecule has 2 atom stereocenters. The van der Waals surface area contributed by atoms with Crippen LogP contribution in [0.25, 0.3) is 0 Å². The Labute approximate surface area is 152 Å². The molecule has 2 bridgehead atoms. The van der Waals surface area contributed by atoms with Gasteiger partial charge in [-0.1, -0.05) is 18.2 Å². The van der Waals surface area contributed by atoms with Gasteiger partial charge in [-0.2, -0.15) is 0 Å². The van der Waals surface area contributed by atoms with Gasteiger partial charge in [0.1, 0.15) is 0 Å². The van der Waals surface area contributed by atoms with Crippen LogP contribution >= 0.6 is 0 Å². The fourth-order valence-corrected chi connectivity index (χ4v) is 3.75. The van der Waals surface area contributed by atoms with Crippen molar-refractivity contribution in [2.24, 2.45) is 0 Å². The number of benzene rings is 1. The molecule has 0 radical (unpaired) electrons. The largest absolute Gasteiger partial charge is 0.344 e. The van der Waals surface area contributed by atoms with Gasteiger partial charge in [-0.15, -0.1) is 0 Å². The number of aromatic nitrogens is 2. The second kappa shape index (κ2) is 6.74. The molecule has 0 spiro atoms. The highest BCUT2D eigenvalue weighted by Crippen LogP contribution is 2.31. The zero-order chi connectivity index (χ0) is 18.1. The van der Waals surface area contributed by atoms with Crippen LogP contribution in [0.15, 0.2) is 42.7 Å². The first-order chi connectivity index (χ1) is 12.6. The Hall–Kier alpha value is -2.96. The average molecular weight is 351 g/mol. The summed E-state index contributed by atoms with van der Waals surface area (Å²) < 4.78 is 0. The van der Waals surface area contributed by atoms with Gasteiger partial charge < -0.3 is 15.1 Å². The Bertz CT molecular complexity index is 808. The molecule has 2 fully saturated rings. The number of carbonyl (C=O) groups excluding carboxylic acids is 2. The number of likely N-dealkylation sites (tertiary alicyclic amines) is 1. The maximum absolute atomic E-state index is 13.0. The number of likely N-dealkylation sites (N-methyl/N-ethyl adjacent to an activating group) is 1. The summed E-state index contributed by atoms with van der Waals surface area (Å²) in [4.78, 5) is 37.2. The van der Waals surface area contributed by atoms with Gasteiger partial charge >= 0.3 is 0 Å². The van der Waals surface area contributed by atoms with E-state index in [0.29, 0.717) is 24.5 Å². The predicted octanol–water partition coefficient (Wildman–Crippen LogP) is 2.06. The van der Waals surface area contributed by atoms with E-state index in [1.807, 2.05) is 35.2 Å². The molecule has 2 amide bonds. The monoisotopic (exact) mass is 351 g/mol. The number of amides is 2. The highest BCUT2D eigenvalue weighted by Gasteiger charge is 2.42. The van der Waals surface area contributed by atoms with Crippen molar-refractivity contribution in [2.75, 3.05) is 18.9 Å². The molecule has 7 nitrogen and oxygen atoms in total. The van der Waals surface area contributed by atoms with E-state index < -0.39 is 0 Å². The number of rotatable bonds is 3. The van der Waals surface area contributed by atoms with Crippen molar-refractivity contribution < 1.29 is 9.59 Å². The van der Waals surface area contributed by atoms with Crippen molar-refractivity contribution in [2.45, 2.75) is 31.3 Å². The third-order valence-corrected chi connectivity index (χ3v) is 5.10. The van der Waals surface area contributed by atoms with Crippen LogP contribution in [-0.4, -0.2) is 57.3 Å². The molecule has 0 unspecified atom stereocenters. The summed E-state index contributed by atoms with van der Waals surface area (Å²) in [5, 5.41) is 3.10. The van der Waals surface area contributed by atoms with Crippen LogP contribution in [0.1, 0.15) is 29.6 Å². The molecule has 1 N–H and O–H groups in total. The highest BCUT2D eigenvalue weighted by molar-refractivity contribution is 5.95. The second-order valence-electron chi connectivity index (χ2n) is 6.86. The van der Waals surface area contributed by atoms with Crippen LogP contribution < -0.4 is 5.32 Å². The standard InChI is InChI=1S/C19H21N5O2/c1-23-12-16-8-7-15(9-17(23)25)24(16)18(26)13-10-20-19(21-11-13)22-14-5-3-2-4-6-14/h2-6,10-11,15-16H,7-9,12H2,1H3,(H,20,21,22)/t15-,16+/m1/s1. The lowest BCUT2D eigenvalue weighted by Gasteiger charge is -2.28. The molecule has 1 aromatic carbocycles. The van der Waals surface area contributed by atoms with Gasteiger partial charge in [-0.05, 0) is 25.0 Å². The fraction of sp³-hybridized carbons (Fsp3) is 0.368. The van der Waals surface area contributed by atoms with Crippen molar-refractivity contribution in [3.63, 3.8) is 0 Å². The van der Waals surface area contributed by atoms with E-state index >= 15 is 0 Å². The zero-order valence-electron chi connectivity index (χ0n) is 14.6. The molecule has 134 valence electrons. The number of carbonyl (C=O) groups is 2. The number of hydrogen-bond donors (Lipinski definition) is 1. The molecule has 26 heavy (non-hydrogen) atoms. The minimum atomic E-state index is -0.0909. The van der Waals surface area contributed by atoms with E-state index in [4.69, 9.17) is 0 Å². The Kier molecular flexibility index (Phi) is 4.28. The molecule has 0 saturated carbocycles. The SMILES string of the molecule is CN1C[C@@H]2CC[C@H](CC1=O)N2C(=O)c1cnc(Nc2ccccc2)nc1. The van der Waals surface area contributed by atoms with Crippen LogP contribution in [0.5, 0.6) is 0 Å². The third kappa shape index (κ3) is 3.12. The summed E-state index contributed by atoms with van der Waals surface area (Å²) in [6, 6.07) is 9.68. The lowest BCUT2D eigenvalue weighted by molar-refractivity contribution is -0.130. The van der Waals surface area contributed by atoms with Gasteiger partial charge in [-0.25, -0.2) is 9.97 Å². The summed E-state index contributed by atoms with van der Waals surface area (Å²) in [6.45, 7) is 0.593. The summed E-state index contributed by atoms with van der Waals surface area (Å²) in [5.74, 6) is 0.460. The summed E-state index contributed by atoms with van der Waals surface area (Å²) in [7, 11) is 1.80. The second-order valence-corrected chi connectivity index (χ2v) is 6.86. The molecule has 7 heteroatoms. The number of para-hydroxylation sites is 1. The Morgan fingerprint density at radius 1 is 1.12 bits per heavy atom. The lowest BCUT2D eigenvalue weighted by Crippen LogP contribution is -2.42. The van der Waals surface area contributed by atoms with Crippen molar-refractivity contribution in [3.8, 4) is 0 Å². The molecule has 2 aromatic rings. The predicted molar refractivity (Wildman–Crippen MR) is 97.0 cm³/mol. The molecule has 4 rings (SSSR count). The molecule has 0 aliphatic carbocycles. The van der Waals surface area contributed by atoms with Crippen molar-refractivity contribution >= 4 is 23.5 Å². The average Bonchev–Trinajstić information content (AvgIpc) is 2.99. The van der Waals surface area contributed by atoms with Crippen molar-refractivity contribution in [1.82, 2.24) is 19.8 Å². The van der Waals surface area contributed by atoms with Crippen molar-refractivity contribution in [1.29, 1.82) is 0 Å². The summed E-state index contributed by atoms with van der Waals surface area (Å²) in [6.07, 6.45) is 5.31. The van der Waals surface area contributed by atoms with Gasteiger partial charge in [0.15, 0.2) is 0 Å². The van der Waals surface area contributed by atoms with Gasteiger partial charge in [0.05, 0.1) is 5.56 Å². The minimum absolute atomic E-state index is 0.0212. The van der Waals surface area contributed by atoms with Crippen LogP contribution in [-0.2, 0) is 4.79 Å². The quantitative estimate of drug-likeness (QED) is 0.916. The molecule has 1 aromatic heterocycles. The van der Waals surface area contributed by atoms with Crippen molar-refractivity contribution in [3.05, 3.63) is 48.3 Å². The van der Waals surface area contributed by atoms with E-state index in [1.54, 1.807) is 24.3 Å². The molecule has 2 saturated heterocycles. The molecule has 2 aliphatic rings. The first-order valence-corrected chi connectivity index (χ1v) is 8.82. The van der Waals surface area contributed by atoms with Crippen LogP contribution in [0.3, 0.4) is 0 Å². The van der Waals surface area contributed by atoms with E-state index in [2.05, 4.69) is 15.3 Å².